The molecule has 1 aromatic carbocycles. The summed E-state index contributed by atoms with van der Waals surface area (Å²) in [7, 11) is 0. The standard InChI is InChI=1S/C21H28N2O/c1-3-21(24)11-9-18-16-5-4-14-13(15(16)8-10-20(18,21)2)6-7-19-17(14)12-22-23-19/h6-7,12,15-16,18,24H,3-5,8-11H2,1-2H3,(H,22,23)/t15?,16?,18?,20-,21-/m0/s1. The third kappa shape index (κ3) is 1.69. The number of fused-ring (bicyclic) bond motifs is 7. The Balaban J connectivity index is 1.57. The lowest BCUT2D eigenvalue weighted by molar-refractivity contribution is -0.104. The van der Waals surface area contributed by atoms with Crippen LogP contribution in [0.1, 0.15) is 69.4 Å². The topological polar surface area (TPSA) is 48.9 Å². The molecule has 0 aliphatic heterocycles. The second-order valence-electron chi connectivity index (χ2n) is 8.76. The van der Waals surface area contributed by atoms with Crippen LogP contribution in [-0.2, 0) is 6.42 Å². The third-order valence-corrected chi connectivity index (χ3v) is 8.24. The number of H-pyrrole nitrogens is 1. The lowest BCUT2D eigenvalue weighted by Crippen LogP contribution is -2.50. The number of aromatic amines is 1. The second kappa shape index (κ2) is 4.85. The van der Waals surface area contributed by atoms with Crippen LogP contribution in [0.3, 0.4) is 0 Å². The Bertz CT molecular complexity index is 796. The maximum Gasteiger partial charge on any atom is 0.0701 e. The molecule has 2 N–H and O–H groups in total. The third-order valence-electron chi connectivity index (χ3n) is 8.24. The average Bonchev–Trinajstić information content (AvgIpc) is 3.18. The molecular formula is C21H28N2O. The Labute approximate surface area is 143 Å². The van der Waals surface area contributed by atoms with E-state index in [-0.39, 0.29) is 5.41 Å². The maximum absolute atomic E-state index is 11.2. The molecule has 0 spiro atoms. The molecular weight excluding hydrogens is 296 g/mol. The first-order valence-electron chi connectivity index (χ1n) is 9.74. The minimum Gasteiger partial charge on any atom is -0.389 e. The highest BCUT2D eigenvalue weighted by Gasteiger charge is 2.60. The number of hydrogen-bond acceptors (Lipinski definition) is 2. The van der Waals surface area contributed by atoms with Crippen molar-refractivity contribution in [1.82, 2.24) is 10.2 Å². The molecule has 3 aliphatic carbocycles. The van der Waals surface area contributed by atoms with Gasteiger partial charge in [-0.15, -0.1) is 0 Å². The summed E-state index contributed by atoms with van der Waals surface area (Å²) in [4.78, 5) is 0. The molecule has 3 nitrogen and oxygen atoms in total. The van der Waals surface area contributed by atoms with E-state index >= 15 is 0 Å². The largest absolute Gasteiger partial charge is 0.389 e. The summed E-state index contributed by atoms with van der Waals surface area (Å²) in [6, 6.07) is 4.57. The number of aromatic nitrogens is 2. The highest BCUT2D eigenvalue weighted by Crippen LogP contribution is 2.65. The first kappa shape index (κ1) is 14.9. The van der Waals surface area contributed by atoms with Gasteiger partial charge in [0.05, 0.1) is 17.3 Å². The molecule has 3 unspecified atom stereocenters. The fourth-order valence-corrected chi connectivity index (χ4v) is 6.80. The number of nitrogens with one attached hydrogen (secondary N) is 1. The van der Waals surface area contributed by atoms with Crippen LogP contribution in [0.25, 0.3) is 10.9 Å². The van der Waals surface area contributed by atoms with Crippen molar-refractivity contribution >= 4 is 10.9 Å². The van der Waals surface area contributed by atoms with Crippen LogP contribution in [0.2, 0.25) is 0 Å². The van der Waals surface area contributed by atoms with Crippen LogP contribution in [0.5, 0.6) is 0 Å². The summed E-state index contributed by atoms with van der Waals surface area (Å²) in [6.07, 6.45) is 9.98. The maximum atomic E-state index is 11.2. The molecule has 1 aromatic heterocycles. The van der Waals surface area contributed by atoms with E-state index in [1.165, 1.54) is 48.6 Å². The summed E-state index contributed by atoms with van der Waals surface area (Å²) in [6.45, 7) is 4.56. The van der Waals surface area contributed by atoms with Gasteiger partial charge in [-0.2, -0.15) is 5.10 Å². The van der Waals surface area contributed by atoms with E-state index in [1.807, 2.05) is 6.20 Å². The Morgan fingerprint density at radius 1 is 1.25 bits per heavy atom. The molecule has 0 saturated heterocycles. The monoisotopic (exact) mass is 324 g/mol. The van der Waals surface area contributed by atoms with E-state index in [0.29, 0.717) is 11.8 Å². The molecule has 3 aliphatic rings. The number of benzene rings is 1. The van der Waals surface area contributed by atoms with Gasteiger partial charge in [-0.3, -0.25) is 5.10 Å². The van der Waals surface area contributed by atoms with Gasteiger partial charge >= 0.3 is 0 Å². The van der Waals surface area contributed by atoms with E-state index in [9.17, 15) is 5.11 Å². The van der Waals surface area contributed by atoms with Crippen LogP contribution in [-0.4, -0.2) is 20.9 Å². The van der Waals surface area contributed by atoms with Gasteiger partial charge in [0.2, 0.25) is 0 Å². The average molecular weight is 324 g/mol. The highest BCUT2D eigenvalue weighted by molar-refractivity contribution is 5.83. The van der Waals surface area contributed by atoms with Crippen molar-refractivity contribution in [2.75, 3.05) is 0 Å². The summed E-state index contributed by atoms with van der Waals surface area (Å²) in [5, 5.41) is 19.9. The fourth-order valence-electron chi connectivity index (χ4n) is 6.80. The van der Waals surface area contributed by atoms with Crippen LogP contribution in [0, 0.1) is 17.3 Å². The Morgan fingerprint density at radius 2 is 2.12 bits per heavy atom. The summed E-state index contributed by atoms with van der Waals surface area (Å²) >= 11 is 0. The number of aliphatic hydroxyl groups is 1. The zero-order valence-corrected chi connectivity index (χ0v) is 14.8. The van der Waals surface area contributed by atoms with E-state index in [4.69, 9.17) is 0 Å². The normalized spacial score (nSPS) is 41.0. The SMILES string of the molecule is CC[C@]1(O)CCC2C3CCc4c(ccc5[nH]ncc45)C3CC[C@@]21C. The molecule has 5 rings (SSSR count). The zero-order valence-electron chi connectivity index (χ0n) is 14.8. The lowest BCUT2D eigenvalue weighted by atomic mass is 9.53. The van der Waals surface area contributed by atoms with Crippen LogP contribution >= 0.6 is 0 Å². The van der Waals surface area contributed by atoms with E-state index in [1.54, 1.807) is 5.56 Å². The van der Waals surface area contributed by atoms with Gasteiger partial charge < -0.3 is 5.11 Å². The van der Waals surface area contributed by atoms with Gasteiger partial charge in [-0.25, -0.2) is 0 Å². The molecule has 2 saturated carbocycles. The van der Waals surface area contributed by atoms with Crippen LogP contribution in [0.4, 0.5) is 0 Å². The van der Waals surface area contributed by atoms with E-state index in [2.05, 4.69) is 36.2 Å². The molecule has 2 fully saturated rings. The predicted molar refractivity (Wildman–Crippen MR) is 96.0 cm³/mol. The fraction of sp³-hybridized carbons (Fsp3) is 0.667. The van der Waals surface area contributed by atoms with Gasteiger partial charge in [0.25, 0.3) is 0 Å². The molecule has 5 atom stereocenters. The Kier molecular flexibility index (Phi) is 3.02. The van der Waals surface area contributed by atoms with Crippen molar-refractivity contribution < 1.29 is 5.11 Å². The lowest BCUT2D eigenvalue weighted by Gasteiger charge is -2.53. The Hall–Kier alpha value is -1.35. The van der Waals surface area contributed by atoms with Crippen LogP contribution in [0.15, 0.2) is 18.3 Å². The van der Waals surface area contributed by atoms with Crippen molar-refractivity contribution in [2.45, 2.75) is 70.3 Å². The number of rotatable bonds is 1. The molecule has 0 amide bonds. The van der Waals surface area contributed by atoms with Gasteiger partial charge in [0.1, 0.15) is 0 Å². The first-order valence-corrected chi connectivity index (χ1v) is 9.74. The minimum atomic E-state index is -0.433. The number of hydrogen-bond donors (Lipinski definition) is 2. The van der Waals surface area contributed by atoms with Crippen molar-refractivity contribution in [3.8, 4) is 0 Å². The van der Waals surface area contributed by atoms with Gasteiger partial charge in [-0.1, -0.05) is 19.9 Å². The first-order chi connectivity index (χ1) is 11.6. The summed E-state index contributed by atoms with van der Waals surface area (Å²) in [5.41, 5.74) is 3.98. The van der Waals surface area contributed by atoms with Crippen molar-refractivity contribution in [2.24, 2.45) is 17.3 Å². The van der Waals surface area contributed by atoms with Crippen LogP contribution < -0.4 is 0 Å². The van der Waals surface area contributed by atoms with Gasteiger partial charge in [0.15, 0.2) is 0 Å². The Morgan fingerprint density at radius 3 is 2.96 bits per heavy atom. The van der Waals surface area contributed by atoms with Crippen molar-refractivity contribution in [1.29, 1.82) is 0 Å². The summed E-state index contributed by atoms with van der Waals surface area (Å²) < 4.78 is 0. The zero-order chi connectivity index (χ0) is 16.5. The molecule has 1 heterocycles. The van der Waals surface area contributed by atoms with E-state index in [0.717, 1.165) is 18.8 Å². The second-order valence-corrected chi connectivity index (χ2v) is 8.76. The molecule has 2 aromatic rings. The molecule has 3 heteroatoms. The molecule has 24 heavy (non-hydrogen) atoms. The van der Waals surface area contributed by atoms with Gasteiger partial charge in [-0.05, 0) is 85.3 Å². The van der Waals surface area contributed by atoms with Crippen molar-refractivity contribution in [3.05, 3.63) is 29.5 Å². The predicted octanol–water partition coefficient (Wildman–Crippen LogP) is 4.56. The van der Waals surface area contributed by atoms with Gasteiger partial charge in [0, 0.05) is 5.39 Å². The highest BCUT2D eigenvalue weighted by atomic mass is 16.3. The quantitative estimate of drug-likeness (QED) is 0.808. The minimum absolute atomic E-state index is 0.125. The number of aryl methyl sites for hydroxylation is 1. The molecule has 0 radical (unpaired) electrons. The molecule has 128 valence electrons. The molecule has 0 bridgehead atoms. The number of nitrogens with zero attached hydrogens (tertiary/aromatic N) is 1. The summed E-state index contributed by atoms with van der Waals surface area (Å²) in [5.74, 6) is 2.13. The smallest absolute Gasteiger partial charge is 0.0701 e. The van der Waals surface area contributed by atoms with E-state index < -0.39 is 5.60 Å². The van der Waals surface area contributed by atoms with Crippen molar-refractivity contribution in [3.63, 3.8) is 0 Å².